The van der Waals surface area contributed by atoms with Gasteiger partial charge in [-0.05, 0) is 30.3 Å². The molecule has 24 heavy (non-hydrogen) atoms. The van der Waals surface area contributed by atoms with Crippen LogP contribution in [0.1, 0.15) is 11.3 Å². The second-order valence-corrected chi connectivity index (χ2v) is 5.90. The van der Waals surface area contributed by atoms with E-state index in [1.165, 1.54) is 0 Å². The van der Waals surface area contributed by atoms with Crippen LogP contribution < -0.4 is 10.1 Å². The van der Waals surface area contributed by atoms with E-state index in [-0.39, 0.29) is 6.42 Å². The lowest BCUT2D eigenvalue weighted by Gasteiger charge is -2.21. The third kappa shape index (κ3) is 2.21. The van der Waals surface area contributed by atoms with E-state index in [4.69, 9.17) is 4.74 Å². The topological polar surface area (TPSA) is 71.5 Å². The van der Waals surface area contributed by atoms with Crippen molar-refractivity contribution >= 4 is 22.5 Å². The Labute approximate surface area is 138 Å². The minimum Gasteiger partial charge on any atom is -0.497 e. The van der Waals surface area contributed by atoms with Crippen molar-refractivity contribution in [3.63, 3.8) is 0 Å². The third-order valence-electron chi connectivity index (χ3n) is 4.39. The normalized spacial score (nSPS) is 19.2. The van der Waals surface area contributed by atoms with Crippen molar-refractivity contribution in [1.29, 1.82) is 0 Å². The fourth-order valence-corrected chi connectivity index (χ4v) is 3.09. The number of rotatable bonds is 3. The number of ether oxygens (including phenoxy) is 1. The number of hydrogen-bond acceptors (Lipinski definition) is 4. The van der Waals surface area contributed by atoms with Gasteiger partial charge in [0.2, 0.25) is 0 Å². The van der Waals surface area contributed by atoms with Gasteiger partial charge in [-0.25, -0.2) is 0 Å². The van der Waals surface area contributed by atoms with Crippen molar-refractivity contribution < 1.29 is 14.6 Å². The number of carbonyl (C=O) groups is 1. The first-order valence-corrected chi connectivity index (χ1v) is 7.67. The fourth-order valence-electron chi connectivity index (χ4n) is 3.09. The Bertz CT molecular complexity index is 954. The van der Waals surface area contributed by atoms with Gasteiger partial charge < -0.3 is 15.2 Å². The molecule has 0 aliphatic carbocycles. The molecule has 2 aromatic carbocycles. The summed E-state index contributed by atoms with van der Waals surface area (Å²) in [6, 6.07) is 16.7. The number of anilines is 1. The monoisotopic (exact) mass is 320 g/mol. The molecule has 0 spiro atoms. The number of aliphatic hydroxyl groups is 1. The lowest BCUT2D eigenvalue weighted by molar-refractivity contribution is -0.133. The van der Waals surface area contributed by atoms with Crippen LogP contribution in [0.5, 0.6) is 5.75 Å². The molecule has 0 saturated heterocycles. The fraction of sp³-hybridized carbons (Fsp3) is 0.158. The van der Waals surface area contributed by atoms with Gasteiger partial charge in [-0.15, -0.1) is 0 Å². The Morgan fingerprint density at radius 2 is 2.00 bits per heavy atom. The van der Waals surface area contributed by atoms with Gasteiger partial charge in [0.1, 0.15) is 5.75 Å². The summed E-state index contributed by atoms with van der Waals surface area (Å²) in [4.78, 5) is 17.0. The molecule has 120 valence electrons. The zero-order chi connectivity index (χ0) is 16.7. The molecule has 0 fully saturated rings. The average Bonchev–Trinajstić information content (AvgIpc) is 2.85. The predicted octanol–water partition coefficient (Wildman–Crippen LogP) is 2.63. The maximum atomic E-state index is 12.4. The van der Waals surface area contributed by atoms with Crippen molar-refractivity contribution in [2.75, 3.05) is 12.4 Å². The van der Waals surface area contributed by atoms with E-state index in [2.05, 4.69) is 10.3 Å². The molecule has 5 nitrogen and oxygen atoms in total. The largest absolute Gasteiger partial charge is 0.497 e. The average molecular weight is 320 g/mol. The number of methoxy groups -OCH3 is 1. The molecular weight excluding hydrogens is 304 g/mol. The van der Waals surface area contributed by atoms with Crippen LogP contribution in [0.3, 0.4) is 0 Å². The number of nitrogens with zero attached hydrogens (tertiary/aromatic N) is 1. The molecule has 1 unspecified atom stereocenters. The number of aromatic nitrogens is 1. The molecule has 5 heteroatoms. The Kier molecular flexibility index (Phi) is 3.25. The van der Waals surface area contributed by atoms with E-state index in [1.807, 2.05) is 36.4 Å². The van der Waals surface area contributed by atoms with Crippen LogP contribution in [0.4, 0.5) is 5.69 Å². The van der Waals surface area contributed by atoms with Gasteiger partial charge in [0.05, 0.1) is 12.6 Å². The van der Waals surface area contributed by atoms with Crippen molar-refractivity contribution in [2.24, 2.45) is 0 Å². The van der Waals surface area contributed by atoms with Crippen molar-refractivity contribution in [3.05, 3.63) is 65.9 Å². The zero-order valence-electron chi connectivity index (χ0n) is 13.1. The maximum absolute atomic E-state index is 12.4. The number of carbonyl (C=O) groups excluding carboxylic acids is 1. The molecule has 1 amide bonds. The standard InChI is InChI=1S/C19H16N2O3/c1-24-14-8-9-17-15(10-14)19(23,18(22)21-17)11-13-7-6-12-4-2-3-5-16(12)20-13/h2-10,23H,11H2,1H3,(H,21,22). The maximum Gasteiger partial charge on any atom is 0.261 e. The summed E-state index contributed by atoms with van der Waals surface area (Å²) in [5, 5.41) is 14.8. The molecule has 2 N–H and O–H groups in total. The SMILES string of the molecule is COc1ccc2c(c1)C(O)(Cc1ccc3ccccc3n1)C(=O)N2. The Morgan fingerprint density at radius 3 is 2.83 bits per heavy atom. The summed E-state index contributed by atoms with van der Waals surface area (Å²) < 4.78 is 5.21. The van der Waals surface area contributed by atoms with Crippen molar-refractivity contribution in [1.82, 2.24) is 4.98 Å². The number of fused-ring (bicyclic) bond motifs is 2. The number of para-hydroxylation sites is 1. The quantitative estimate of drug-likeness (QED) is 0.778. The molecule has 1 aliphatic rings. The summed E-state index contributed by atoms with van der Waals surface area (Å²) in [5.74, 6) is 0.149. The highest BCUT2D eigenvalue weighted by Gasteiger charge is 2.45. The molecule has 1 atom stereocenters. The highest BCUT2D eigenvalue weighted by Crippen LogP contribution is 2.40. The Morgan fingerprint density at radius 1 is 1.17 bits per heavy atom. The van der Waals surface area contributed by atoms with Crippen molar-refractivity contribution in [2.45, 2.75) is 12.0 Å². The summed E-state index contributed by atoms with van der Waals surface area (Å²) in [7, 11) is 1.55. The van der Waals surface area contributed by atoms with Gasteiger partial charge in [-0.2, -0.15) is 0 Å². The smallest absolute Gasteiger partial charge is 0.261 e. The molecule has 0 radical (unpaired) electrons. The summed E-state index contributed by atoms with van der Waals surface area (Å²) in [6.45, 7) is 0. The summed E-state index contributed by atoms with van der Waals surface area (Å²) >= 11 is 0. The summed E-state index contributed by atoms with van der Waals surface area (Å²) in [6.07, 6.45) is 0.101. The molecular formula is C19H16N2O3. The Hall–Kier alpha value is -2.92. The van der Waals surface area contributed by atoms with Crippen LogP contribution >= 0.6 is 0 Å². The molecule has 0 saturated carbocycles. The van der Waals surface area contributed by atoms with Crippen LogP contribution in [0, 0.1) is 0 Å². The van der Waals surface area contributed by atoms with Gasteiger partial charge in [-0.1, -0.05) is 24.3 Å². The molecule has 2 heterocycles. The number of amides is 1. The van der Waals surface area contributed by atoms with E-state index < -0.39 is 11.5 Å². The van der Waals surface area contributed by atoms with E-state index in [0.29, 0.717) is 22.7 Å². The highest BCUT2D eigenvalue weighted by molar-refractivity contribution is 6.05. The molecule has 1 aromatic heterocycles. The van der Waals surface area contributed by atoms with Crippen LogP contribution in [0.2, 0.25) is 0 Å². The van der Waals surface area contributed by atoms with Crippen LogP contribution in [-0.4, -0.2) is 23.1 Å². The number of nitrogens with one attached hydrogen (secondary N) is 1. The van der Waals surface area contributed by atoms with E-state index in [0.717, 1.165) is 10.9 Å². The van der Waals surface area contributed by atoms with Crippen LogP contribution in [0.25, 0.3) is 10.9 Å². The molecule has 1 aliphatic heterocycles. The number of benzene rings is 2. The predicted molar refractivity (Wildman–Crippen MR) is 91.0 cm³/mol. The highest BCUT2D eigenvalue weighted by atomic mass is 16.5. The number of hydrogen-bond donors (Lipinski definition) is 2. The second-order valence-electron chi connectivity index (χ2n) is 5.90. The van der Waals surface area contributed by atoms with E-state index in [1.54, 1.807) is 25.3 Å². The second kappa shape index (κ2) is 5.32. The third-order valence-corrected chi connectivity index (χ3v) is 4.39. The lowest BCUT2D eigenvalue weighted by atomic mass is 9.90. The first-order valence-electron chi connectivity index (χ1n) is 7.67. The Balaban J connectivity index is 1.76. The molecule has 4 rings (SSSR count). The van der Waals surface area contributed by atoms with Crippen molar-refractivity contribution in [3.8, 4) is 5.75 Å². The minimum atomic E-state index is -1.65. The van der Waals surface area contributed by atoms with Crippen LogP contribution in [0.15, 0.2) is 54.6 Å². The lowest BCUT2D eigenvalue weighted by Crippen LogP contribution is -2.36. The van der Waals surface area contributed by atoms with Gasteiger partial charge in [-0.3, -0.25) is 9.78 Å². The van der Waals surface area contributed by atoms with Gasteiger partial charge in [0.25, 0.3) is 5.91 Å². The molecule has 3 aromatic rings. The first kappa shape index (κ1) is 14.7. The summed E-state index contributed by atoms with van der Waals surface area (Å²) in [5.41, 5.74) is 0.954. The van der Waals surface area contributed by atoms with Gasteiger partial charge >= 0.3 is 0 Å². The number of pyridine rings is 1. The van der Waals surface area contributed by atoms with Crippen LogP contribution in [-0.2, 0) is 16.8 Å². The zero-order valence-corrected chi connectivity index (χ0v) is 13.1. The molecule has 0 bridgehead atoms. The minimum absolute atomic E-state index is 0.101. The van der Waals surface area contributed by atoms with Gasteiger partial charge in [0, 0.05) is 28.8 Å². The van der Waals surface area contributed by atoms with Gasteiger partial charge in [0.15, 0.2) is 5.60 Å². The first-order chi connectivity index (χ1) is 11.6. The van der Waals surface area contributed by atoms with E-state index >= 15 is 0 Å². The van der Waals surface area contributed by atoms with E-state index in [9.17, 15) is 9.90 Å².